The molecule has 3 rings (SSSR count). The number of ether oxygens (including phenoxy) is 2. The lowest BCUT2D eigenvalue weighted by molar-refractivity contribution is -0.139. The summed E-state index contributed by atoms with van der Waals surface area (Å²) in [4.78, 5) is 24.1. The Balaban J connectivity index is 1.89. The van der Waals surface area contributed by atoms with Gasteiger partial charge in [-0.05, 0) is 46.1 Å². The molecule has 1 aromatic carbocycles. The summed E-state index contributed by atoms with van der Waals surface area (Å²) in [5.41, 5.74) is 0.646. The van der Waals surface area contributed by atoms with E-state index in [-0.39, 0.29) is 16.6 Å². The van der Waals surface area contributed by atoms with Crippen LogP contribution in [0.1, 0.15) is 28.4 Å². The molecule has 0 saturated carbocycles. The average molecular weight is 498 g/mol. The van der Waals surface area contributed by atoms with E-state index in [1.54, 1.807) is 18.2 Å². The Kier molecular flexibility index (Phi) is 6.70. The predicted octanol–water partition coefficient (Wildman–Crippen LogP) is 3.75. The van der Waals surface area contributed by atoms with Gasteiger partial charge in [0.1, 0.15) is 15.9 Å². The molecule has 1 fully saturated rings. The van der Waals surface area contributed by atoms with Gasteiger partial charge in [-0.15, -0.1) is 21.5 Å². The number of benzene rings is 1. The minimum Gasteiger partial charge on any atom is -0.493 e. The lowest BCUT2D eigenvalue weighted by atomic mass is 10.1. The molecule has 1 aromatic heterocycles. The normalized spacial score (nSPS) is 17.8. The monoisotopic (exact) mass is 497 g/mol. The van der Waals surface area contributed by atoms with Crippen LogP contribution >= 0.6 is 39.0 Å². The van der Waals surface area contributed by atoms with Crippen LogP contribution in [0.5, 0.6) is 11.5 Å². The largest absolute Gasteiger partial charge is 0.493 e. The number of carboxylic acids is 1. The van der Waals surface area contributed by atoms with E-state index in [4.69, 9.17) is 20.0 Å². The maximum absolute atomic E-state index is 12.9. The molecular formula is C18H16BrN3O5S2. The second-order valence-electron chi connectivity index (χ2n) is 5.88. The molecule has 11 heteroatoms. The standard InChI is InChI=1S/C18H16BrN3O5S2/c1-3-12-21-22-18(29-12)14-15(25)11(28-17(14)20)6-8-4-9(19)16(10(5-8)26-2)27-7-13(23)24/h4-6,14,20H,3,7H2,1-2H3,(H,23,24)/b11-6-,20-17?/t14-/m0/s1. The predicted molar refractivity (Wildman–Crippen MR) is 114 cm³/mol. The average Bonchev–Trinajstić information content (AvgIpc) is 3.24. The number of aromatic nitrogens is 2. The third kappa shape index (κ3) is 4.68. The number of methoxy groups -OCH3 is 1. The summed E-state index contributed by atoms with van der Waals surface area (Å²) in [7, 11) is 1.44. The molecule has 0 aliphatic carbocycles. The van der Waals surface area contributed by atoms with Crippen LogP contribution < -0.4 is 9.47 Å². The second-order valence-corrected chi connectivity index (χ2v) is 8.91. The molecule has 0 radical (unpaired) electrons. The van der Waals surface area contributed by atoms with E-state index in [9.17, 15) is 9.59 Å². The number of thioether (sulfide) groups is 1. The number of Topliss-reactive ketones (excluding diaryl/α,β-unsaturated/α-hetero) is 1. The number of hydrogen-bond acceptors (Lipinski definition) is 9. The molecule has 0 unspecified atom stereocenters. The number of aryl methyl sites for hydroxylation is 1. The first-order valence-electron chi connectivity index (χ1n) is 8.40. The topological polar surface area (TPSA) is 122 Å². The van der Waals surface area contributed by atoms with Crippen LogP contribution in [-0.4, -0.2) is 45.8 Å². The van der Waals surface area contributed by atoms with Crippen molar-refractivity contribution in [3.8, 4) is 11.5 Å². The number of nitrogens with one attached hydrogen (secondary N) is 1. The second kappa shape index (κ2) is 9.06. The van der Waals surface area contributed by atoms with E-state index in [1.165, 1.54) is 18.4 Å². The molecule has 2 N–H and O–H groups in total. The maximum Gasteiger partial charge on any atom is 0.341 e. The van der Waals surface area contributed by atoms with Crippen LogP contribution in [0.25, 0.3) is 6.08 Å². The van der Waals surface area contributed by atoms with Crippen molar-refractivity contribution in [2.24, 2.45) is 0 Å². The molecular weight excluding hydrogens is 482 g/mol. The molecule has 152 valence electrons. The maximum atomic E-state index is 12.9. The van der Waals surface area contributed by atoms with Crippen molar-refractivity contribution < 1.29 is 24.2 Å². The highest BCUT2D eigenvalue weighted by molar-refractivity contribution is 9.10. The van der Waals surface area contributed by atoms with E-state index < -0.39 is 18.5 Å². The smallest absolute Gasteiger partial charge is 0.341 e. The molecule has 0 amide bonds. The first kappa shape index (κ1) is 21.5. The molecule has 2 aromatic rings. The van der Waals surface area contributed by atoms with Crippen molar-refractivity contribution in [3.05, 3.63) is 37.1 Å². The van der Waals surface area contributed by atoms with Gasteiger partial charge in [-0.2, -0.15) is 0 Å². The third-order valence-electron chi connectivity index (χ3n) is 3.91. The Morgan fingerprint density at radius 1 is 1.41 bits per heavy atom. The lowest BCUT2D eigenvalue weighted by Crippen LogP contribution is -2.11. The highest BCUT2D eigenvalue weighted by Crippen LogP contribution is 2.43. The minimum atomic E-state index is -1.11. The van der Waals surface area contributed by atoms with Crippen molar-refractivity contribution in [1.82, 2.24) is 10.2 Å². The highest BCUT2D eigenvalue weighted by atomic mass is 79.9. The molecule has 1 atom stereocenters. The first-order chi connectivity index (χ1) is 13.8. The van der Waals surface area contributed by atoms with Gasteiger partial charge in [0.2, 0.25) is 0 Å². The van der Waals surface area contributed by atoms with E-state index in [1.807, 2.05) is 6.92 Å². The molecule has 1 aliphatic heterocycles. The number of allylic oxidation sites excluding steroid dienone is 1. The summed E-state index contributed by atoms with van der Waals surface area (Å²) in [6.45, 7) is 1.45. The van der Waals surface area contributed by atoms with Gasteiger partial charge in [0.25, 0.3) is 0 Å². The first-order valence-corrected chi connectivity index (χ1v) is 10.8. The number of ketones is 1. The Morgan fingerprint density at radius 3 is 2.79 bits per heavy atom. The van der Waals surface area contributed by atoms with Crippen molar-refractivity contribution >= 4 is 61.9 Å². The van der Waals surface area contributed by atoms with Crippen molar-refractivity contribution in [1.29, 1.82) is 5.41 Å². The lowest BCUT2D eigenvalue weighted by Gasteiger charge is -2.12. The summed E-state index contributed by atoms with van der Waals surface area (Å²) in [6.07, 6.45) is 2.39. The molecule has 0 spiro atoms. The van der Waals surface area contributed by atoms with E-state index in [0.717, 1.165) is 23.2 Å². The van der Waals surface area contributed by atoms with Crippen LogP contribution in [0, 0.1) is 5.41 Å². The fourth-order valence-corrected chi connectivity index (χ4v) is 5.12. The molecule has 2 heterocycles. The van der Waals surface area contributed by atoms with Crippen LogP contribution in [0.4, 0.5) is 0 Å². The van der Waals surface area contributed by atoms with Gasteiger partial charge in [0.15, 0.2) is 23.9 Å². The fourth-order valence-electron chi connectivity index (χ4n) is 2.59. The SMILES string of the molecule is CCc1nnc([C@@H]2C(=N)S/C(=C\c3cc(Br)c(OCC(=O)O)c(OC)c3)C2=O)s1. The number of aliphatic carboxylic acids is 1. The van der Waals surface area contributed by atoms with Gasteiger partial charge in [-0.1, -0.05) is 18.7 Å². The number of hydrogen-bond donors (Lipinski definition) is 2. The number of halogens is 1. The van der Waals surface area contributed by atoms with Crippen molar-refractivity contribution in [2.75, 3.05) is 13.7 Å². The zero-order chi connectivity index (χ0) is 21.1. The zero-order valence-corrected chi connectivity index (χ0v) is 18.6. The molecule has 1 aliphatic rings. The molecule has 29 heavy (non-hydrogen) atoms. The van der Waals surface area contributed by atoms with Gasteiger partial charge in [-0.3, -0.25) is 10.2 Å². The Labute approximate surface area is 183 Å². The molecule has 8 nitrogen and oxygen atoms in total. The summed E-state index contributed by atoms with van der Waals surface area (Å²) in [5, 5.41) is 26.7. The van der Waals surface area contributed by atoms with E-state index in [2.05, 4.69) is 26.1 Å². The van der Waals surface area contributed by atoms with Gasteiger partial charge in [0.05, 0.1) is 21.5 Å². The van der Waals surface area contributed by atoms with Gasteiger partial charge in [0, 0.05) is 0 Å². The Morgan fingerprint density at radius 2 is 2.17 bits per heavy atom. The number of carboxylic acid groups (broad SMARTS) is 1. The van der Waals surface area contributed by atoms with Gasteiger partial charge in [-0.25, -0.2) is 4.79 Å². The number of rotatable bonds is 7. The molecule has 1 saturated heterocycles. The minimum absolute atomic E-state index is 0.194. The third-order valence-corrected chi connectivity index (χ3v) is 6.62. The quantitative estimate of drug-likeness (QED) is 0.554. The van der Waals surface area contributed by atoms with Crippen LogP contribution in [-0.2, 0) is 16.0 Å². The fraction of sp³-hybridized carbons (Fsp3) is 0.278. The van der Waals surface area contributed by atoms with Crippen LogP contribution in [0.2, 0.25) is 0 Å². The van der Waals surface area contributed by atoms with E-state index in [0.29, 0.717) is 25.7 Å². The highest BCUT2D eigenvalue weighted by Gasteiger charge is 2.39. The summed E-state index contributed by atoms with van der Waals surface area (Å²) in [5.74, 6) is -1.43. The van der Waals surface area contributed by atoms with Crippen molar-refractivity contribution in [2.45, 2.75) is 19.3 Å². The van der Waals surface area contributed by atoms with Gasteiger partial charge >= 0.3 is 5.97 Å². The molecule has 0 bridgehead atoms. The summed E-state index contributed by atoms with van der Waals surface area (Å²) >= 11 is 5.79. The summed E-state index contributed by atoms with van der Waals surface area (Å²) in [6, 6.07) is 3.33. The summed E-state index contributed by atoms with van der Waals surface area (Å²) < 4.78 is 11.0. The number of carbonyl (C=O) groups excluding carboxylic acids is 1. The Bertz CT molecular complexity index is 1020. The van der Waals surface area contributed by atoms with Crippen molar-refractivity contribution in [3.63, 3.8) is 0 Å². The van der Waals surface area contributed by atoms with Crippen LogP contribution in [0.15, 0.2) is 21.5 Å². The van der Waals surface area contributed by atoms with Crippen LogP contribution in [0.3, 0.4) is 0 Å². The van der Waals surface area contributed by atoms with E-state index >= 15 is 0 Å². The van der Waals surface area contributed by atoms with Gasteiger partial charge < -0.3 is 14.6 Å². The Hall–Kier alpha value is -2.24. The zero-order valence-electron chi connectivity index (χ0n) is 15.4. The number of nitrogens with zero attached hydrogens (tertiary/aromatic N) is 2. The number of carbonyl (C=O) groups is 2.